The number of hydrogen-bond acceptors (Lipinski definition) is 3. The molecule has 14 heavy (non-hydrogen) atoms. The average molecular weight is 215 g/mol. The van der Waals surface area contributed by atoms with E-state index in [2.05, 4.69) is 16.9 Å². The molecule has 0 spiro atoms. The summed E-state index contributed by atoms with van der Waals surface area (Å²) in [6.45, 7) is 4.72. The van der Waals surface area contributed by atoms with E-state index in [4.69, 9.17) is 16.3 Å². The van der Waals surface area contributed by atoms with E-state index in [1.807, 2.05) is 6.92 Å². The Balaban J connectivity index is 2.42. The third-order valence-corrected chi connectivity index (χ3v) is 1.97. The van der Waals surface area contributed by atoms with Crippen molar-refractivity contribution in [3.8, 4) is 5.88 Å². The van der Waals surface area contributed by atoms with Crippen LogP contribution < -0.4 is 4.74 Å². The monoisotopic (exact) mass is 214 g/mol. The molecule has 0 radical (unpaired) electrons. The molecule has 0 unspecified atom stereocenters. The van der Waals surface area contributed by atoms with Crippen LogP contribution in [0.5, 0.6) is 5.88 Å². The van der Waals surface area contributed by atoms with Gasteiger partial charge in [-0.1, -0.05) is 19.8 Å². The molecule has 0 aliphatic heterocycles. The predicted octanol–water partition coefficient (Wildman–Crippen LogP) is 3.01. The maximum atomic E-state index is 5.69. The van der Waals surface area contributed by atoms with E-state index in [0.717, 1.165) is 12.1 Å². The van der Waals surface area contributed by atoms with Gasteiger partial charge in [0, 0.05) is 11.8 Å². The van der Waals surface area contributed by atoms with Crippen molar-refractivity contribution in [1.82, 2.24) is 9.97 Å². The molecule has 1 aromatic heterocycles. The summed E-state index contributed by atoms with van der Waals surface area (Å²) in [4.78, 5) is 7.92. The molecule has 0 aliphatic rings. The molecular weight excluding hydrogens is 200 g/mol. The summed E-state index contributed by atoms with van der Waals surface area (Å²) in [7, 11) is 0. The van der Waals surface area contributed by atoms with Gasteiger partial charge in [-0.05, 0) is 24.9 Å². The highest BCUT2D eigenvalue weighted by Gasteiger charge is 2.00. The van der Waals surface area contributed by atoms with Crippen molar-refractivity contribution in [3.63, 3.8) is 0 Å². The Bertz CT molecular complexity index is 271. The predicted molar refractivity (Wildman–Crippen MR) is 56.8 cm³/mol. The van der Waals surface area contributed by atoms with Gasteiger partial charge in [0.05, 0.1) is 6.61 Å². The summed E-state index contributed by atoms with van der Waals surface area (Å²) < 4.78 is 5.43. The van der Waals surface area contributed by atoms with Gasteiger partial charge in [0.2, 0.25) is 11.2 Å². The Kier molecular flexibility index (Phi) is 4.66. The van der Waals surface area contributed by atoms with Crippen LogP contribution in [0, 0.1) is 6.92 Å². The van der Waals surface area contributed by atoms with Crippen LogP contribution in [-0.2, 0) is 0 Å². The zero-order valence-electron chi connectivity index (χ0n) is 8.59. The number of aryl methyl sites for hydroxylation is 1. The van der Waals surface area contributed by atoms with Gasteiger partial charge in [-0.3, -0.25) is 0 Å². The summed E-state index contributed by atoms with van der Waals surface area (Å²) in [6.07, 6.45) is 3.42. The van der Waals surface area contributed by atoms with Gasteiger partial charge < -0.3 is 4.74 Å². The topological polar surface area (TPSA) is 35.0 Å². The summed E-state index contributed by atoms with van der Waals surface area (Å²) in [5, 5.41) is 0.246. The third-order valence-electron chi connectivity index (χ3n) is 1.80. The van der Waals surface area contributed by atoms with Crippen LogP contribution in [0.2, 0.25) is 5.28 Å². The Labute approximate surface area is 89.5 Å². The summed E-state index contributed by atoms with van der Waals surface area (Å²) in [6, 6.07) is 1.79. The number of aromatic nitrogens is 2. The summed E-state index contributed by atoms with van der Waals surface area (Å²) >= 11 is 5.69. The summed E-state index contributed by atoms with van der Waals surface area (Å²) in [5.74, 6) is 0.568. The third kappa shape index (κ3) is 3.92. The molecule has 78 valence electrons. The van der Waals surface area contributed by atoms with E-state index in [9.17, 15) is 0 Å². The molecule has 0 bridgehead atoms. The zero-order chi connectivity index (χ0) is 10.4. The van der Waals surface area contributed by atoms with Crippen molar-refractivity contribution >= 4 is 11.6 Å². The fourth-order valence-electron chi connectivity index (χ4n) is 1.11. The van der Waals surface area contributed by atoms with E-state index in [-0.39, 0.29) is 5.28 Å². The maximum absolute atomic E-state index is 5.69. The van der Waals surface area contributed by atoms with Crippen LogP contribution in [0.15, 0.2) is 6.07 Å². The molecule has 1 rings (SSSR count). The molecule has 1 heterocycles. The van der Waals surface area contributed by atoms with Gasteiger partial charge in [-0.25, -0.2) is 4.98 Å². The van der Waals surface area contributed by atoms with Crippen LogP contribution in [-0.4, -0.2) is 16.6 Å². The first-order chi connectivity index (χ1) is 6.72. The van der Waals surface area contributed by atoms with Gasteiger partial charge in [0.15, 0.2) is 0 Å². The highest BCUT2D eigenvalue weighted by molar-refractivity contribution is 6.28. The second-order valence-electron chi connectivity index (χ2n) is 3.17. The van der Waals surface area contributed by atoms with Crippen LogP contribution in [0.1, 0.15) is 31.9 Å². The molecular formula is C10H15ClN2O. The molecule has 0 fully saturated rings. The number of halogens is 1. The lowest BCUT2D eigenvalue weighted by Gasteiger charge is -2.05. The largest absolute Gasteiger partial charge is 0.478 e. The Morgan fingerprint density at radius 3 is 2.79 bits per heavy atom. The first-order valence-corrected chi connectivity index (χ1v) is 5.24. The lowest BCUT2D eigenvalue weighted by Crippen LogP contribution is -2.00. The molecule has 0 aromatic carbocycles. The molecule has 1 aromatic rings. The lowest BCUT2D eigenvalue weighted by atomic mass is 10.3. The molecule has 0 amide bonds. The van der Waals surface area contributed by atoms with Gasteiger partial charge in [-0.15, -0.1) is 0 Å². The maximum Gasteiger partial charge on any atom is 0.225 e. The minimum absolute atomic E-state index is 0.246. The van der Waals surface area contributed by atoms with Crippen molar-refractivity contribution in [2.45, 2.75) is 33.1 Å². The van der Waals surface area contributed by atoms with Crippen molar-refractivity contribution in [1.29, 1.82) is 0 Å². The van der Waals surface area contributed by atoms with Crippen molar-refractivity contribution < 1.29 is 4.74 Å². The quantitative estimate of drug-likeness (QED) is 0.558. The molecule has 0 saturated heterocycles. The minimum atomic E-state index is 0.246. The summed E-state index contributed by atoms with van der Waals surface area (Å²) in [5.41, 5.74) is 0.829. The molecule has 0 atom stereocenters. The van der Waals surface area contributed by atoms with Gasteiger partial charge >= 0.3 is 0 Å². The molecule has 4 heteroatoms. The van der Waals surface area contributed by atoms with Crippen LogP contribution in [0.25, 0.3) is 0 Å². The number of nitrogens with zero attached hydrogens (tertiary/aromatic N) is 2. The Morgan fingerprint density at radius 1 is 1.36 bits per heavy atom. The average Bonchev–Trinajstić information content (AvgIpc) is 2.11. The van der Waals surface area contributed by atoms with Crippen molar-refractivity contribution in [2.24, 2.45) is 0 Å². The SMILES string of the molecule is CCCCCOc1cc(C)nc(Cl)n1. The smallest absolute Gasteiger partial charge is 0.225 e. The fourth-order valence-corrected chi connectivity index (χ4v) is 1.32. The van der Waals surface area contributed by atoms with E-state index >= 15 is 0 Å². The molecule has 0 saturated carbocycles. The minimum Gasteiger partial charge on any atom is -0.478 e. The standard InChI is InChI=1S/C10H15ClN2O/c1-3-4-5-6-14-9-7-8(2)12-10(11)13-9/h7H,3-6H2,1-2H3. The van der Waals surface area contributed by atoms with Gasteiger partial charge in [-0.2, -0.15) is 4.98 Å². The van der Waals surface area contributed by atoms with Crippen molar-refractivity contribution in [2.75, 3.05) is 6.61 Å². The molecule has 0 N–H and O–H groups in total. The Morgan fingerprint density at radius 2 is 2.14 bits per heavy atom. The zero-order valence-corrected chi connectivity index (χ0v) is 9.34. The van der Waals surface area contributed by atoms with E-state index in [1.54, 1.807) is 6.07 Å². The number of ether oxygens (including phenoxy) is 1. The second-order valence-corrected chi connectivity index (χ2v) is 3.51. The highest BCUT2D eigenvalue weighted by atomic mass is 35.5. The van der Waals surface area contributed by atoms with Crippen LogP contribution in [0.4, 0.5) is 0 Å². The second kappa shape index (κ2) is 5.81. The first kappa shape index (κ1) is 11.2. The van der Waals surface area contributed by atoms with E-state index in [0.29, 0.717) is 12.5 Å². The highest BCUT2D eigenvalue weighted by Crippen LogP contribution is 2.12. The van der Waals surface area contributed by atoms with Crippen LogP contribution in [0.3, 0.4) is 0 Å². The number of rotatable bonds is 5. The lowest BCUT2D eigenvalue weighted by molar-refractivity contribution is 0.294. The molecule has 0 aliphatic carbocycles. The van der Waals surface area contributed by atoms with Crippen molar-refractivity contribution in [3.05, 3.63) is 17.0 Å². The molecule has 3 nitrogen and oxygen atoms in total. The van der Waals surface area contributed by atoms with Gasteiger partial charge in [0.1, 0.15) is 0 Å². The fraction of sp³-hybridized carbons (Fsp3) is 0.600. The van der Waals surface area contributed by atoms with E-state index < -0.39 is 0 Å². The van der Waals surface area contributed by atoms with Crippen LogP contribution >= 0.6 is 11.6 Å². The first-order valence-electron chi connectivity index (χ1n) is 4.86. The Hall–Kier alpha value is -0.830. The van der Waals surface area contributed by atoms with E-state index in [1.165, 1.54) is 12.8 Å². The normalized spacial score (nSPS) is 10.2. The number of hydrogen-bond donors (Lipinski definition) is 0. The number of unbranched alkanes of at least 4 members (excludes halogenated alkanes) is 2. The van der Waals surface area contributed by atoms with Gasteiger partial charge in [0.25, 0.3) is 0 Å².